The van der Waals surface area contributed by atoms with Crippen LogP contribution in [0.2, 0.25) is 0 Å². The van der Waals surface area contributed by atoms with Crippen molar-refractivity contribution in [2.45, 2.75) is 13.8 Å². The molecule has 0 unspecified atom stereocenters. The Bertz CT molecular complexity index is 964. The van der Waals surface area contributed by atoms with Gasteiger partial charge in [-0.3, -0.25) is 14.6 Å². The Morgan fingerprint density at radius 2 is 2.04 bits per heavy atom. The van der Waals surface area contributed by atoms with Crippen LogP contribution < -0.4 is 10.7 Å². The molecule has 0 aliphatic carbocycles. The molecular formula is C19H21N3O2S. The third-order valence-electron chi connectivity index (χ3n) is 4.42. The van der Waals surface area contributed by atoms with Crippen molar-refractivity contribution in [2.24, 2.45) is 0 Å². The number of aldehydes is 1. The maximum atomic E-state index is 13.0. The summed E-state index contributed by atoms with van der Waals surface area (Å²) in [7, 11) is 0. The van der Waals surface area contributed by atoms with Gasteiger partial charge in [0.1, 0.15) is 0 Å². The highest BCUT2D eigenvalue weighted by molar-refractivity contribution is 7.25. The predicted octanol–water partition coefficient (Wildman–Crippen LogP) is 3.38. The Morgan fingerprint density at radius 1 is 1.24 bits per heavy atom. The summed E-state index contributed by atoms with van der Waals surface area (Å²) in [6.45, 7) is 7.90. The summed E-state index contributed by atoms with van der Waals surface area (Å²) >= 11 is 1.46. The van der Waals surface area contributed by atoms with Gasteiger partial charge in [0.05, 0.1) is 15.5 Å². The SMILES string of the molecule is CCN(CC)CCNc1ccc(C=O)c2sc3ccncc3c(=O)c12. The normalized spacial score (nSPS) is 11.3. The van der Waals surface area contributed by atoms with E-state index in [1.807, 2.05) is 12.1 Å². The molecule has 0 amide bonds. The van der Waals surface area contributed by atoms with E-state index >= 15 is 0 Å². The van der Waals surface area contributed by atoms with Crippen molar-refractivity contribution in [3.8, 4) is 0 Å². The molecule has 25 heavy (non-hydrogen) atoms. The molecule has 3 rings (SSSR count). The molecule has 0 spiro atoms. The number of pyridine rings is 1. The van der Waals surface area contributed by atoms with Gasteiger partial charge in [-0.15, -0.1) is 11.3 Å². The second-order valence-corrected chi connectivity index (χ2v) is 6.83. The summed E-state index contributed by atoms with van der Waals surface area (Å²) in [6, 6.07) is 5.42. The number of aromatic nitrogens is 1. The maximum Gasteiger partial charge on any atom is 0.199 e. The van der Waals surface area contributed by atoms with Crippen molar-refractivity contribution in [1.29, 1.82) is 0 Å². The minimum absolute atomic E-state index is 0.0779. The first-order chi connectivity index (χ1) is 12.2. The first-order valence-electron chi connectivity index (χ1n) is 8.44. The molecule has 2 aromatic heterocycles. The van der Waals surface area contributed by atoms with Crippen LogP contribution in [-0.4, -0.2) is 42.3 Å². The quantitative estimate of drug-likeness (QED) is 0.520. The molecule has 0 aliphatic rings. The Hall–Kier alpha value is -2.31. The number of rotatable bonds is 7. The third-order valence-corrected chi connectivity index (χ3v) is 5.64. The van der Waals surface area contributed by atoms with Crippen LogP contribution in [0.1, 0.15) is 24.2 Å². The topological polar surface area (TPSA) is 62.3 Å². The van der Waals surface area contributed by atoms with Gasteiger partial charge in [0.15, 0.2) is 11.7 Å². The van der Waals surface area contributed by atoms with E-state index in [9.17, 15) is 9.59 Å². The fraction of sp³-hybridized carbons (Fsp3) is 0.316. The van der Waals surface area contributed by atoms with Gasteiger partial charge in [-0.25, -0.2) is 0 Å². The number of nitrogens with one attached hydrogen (secondary N) is 1. The van der Waals surface area contributed by atoms with E-state index in [1.165, 1.54) is 11.3 Å². The van der Waals surface area contributed by atoms with Crippen LogP contribution in [0.25, 0.3) is 20.2 Å². The van der Waals surface area contributed by atoms with E-state index < -0.39 is 0 Å². The van der Waals surface area contributed by atoms with Crippen LogP contribution in [0.15, 0.2) is 35.4 Å². The first-order valence-corrected chi connectivity index (χ1v) is 9.26. The van der Waals surface area contributed by atoms with Gasteiger partial charge in [-0.2, -0.15) is 0 Å². The van der Waals surface area contributed by atoms with Crippen LogP contribution in [0, 0.1) is 0 Å². The molecule has 5 nitrogen and oxygen atoms in total. The summed E-state index contributed by atoms with van der Waals surface area (Å²) in [4.78, 5) is 30.8. The van der Waals surface area contributed by atoms with Crippen LogP contribution in [0.5, 0.6) is 0 Å². The summed E-state index contributed by atoms with van der Waals surface area (Å²) in [6.07, 6.45) is 4.07. The van der Waals surface area contributed by atoms with E-state index in [0.29, 0.717) is 16.3 Å². The van der Waals surface area contributed by atoms with Gasteiger partial charge in [0.25, 0.3) is 0 Å². The van der Waals surface area contributed by atoms with Crippen molar-refractivity contribution < 1.29 is 4.79 Å². The number of nitrogens with zero attached hydrogens (tertiary/aromatic N) is 2. The van der Waals surface area contributed by atoms with Crippen molar-refractivity contribution in [1.82, 2.24) is 9.88 Å². The number of likely N-dealkylation sites (N-methyl/N-ethyl adjacent to an activating group) is 1. The molecule has 0 atom stereocenters. The lowest BCUT2D eigenvalue weighted by Gasteiger charge is -2.19. The lowest BCUT2D eigenvalue weighted by atomic mass is 10.1. The molecule has 1 aromatic carbocycles. The van der Waals surface area contributed by atoms with Crippen LogP contribution in [0.3, 0.4) is 0 Å². The third kappa shape index (κ3) is 3.41. The molecule has 130 valence electrons. The Morgan fingerprint density at radius 3 is 2.76 bits per heavy atom. The van der Waals surface area contributed by atoms with Crippen molar-refractivity contribution in [3.05, 3.63) is 46.4 Å². The molecule has 1 N–H and O–H groups in total. The molecular weight excluding hydrogens is 334 g/mol. The average molecular weight is 355 g/mol. The minimum Gasteiger partial charge on any atom is -0.383 e. The number of hydrogen-bond acceptors (Lipinski definition) is 6. The van der Waals surface area contributed by atoms with Gasteiger partial charge in [0.2, 0.25) is 0 Å². The molecule has 3 aromatic rings. The number of hydrogen-bond donors (Lipinski definition) is 1. The predicted molar refractivity (Wildman–Crippen MR) is 105 cm³/mol. The van der Waals surface area contributed by atoms with Gasteiger partial charge in [-0.05, 0) is 31.3 Å². The zero-order valence-corrected chi connectivity index (χ0v) is 15.2. The fourth-order valence-electron chi connectivity index (χ4n) is 2.95. The molecule has 0 saturated heterocycles. The van der Waals surface area contributed by atoms with Crippen LogP contribution in [-0.2, 0) is 0 Å². The molecule has 2 heterocycles. The highest BCUT2D eigenvalue weighted by Crippen LogP contribution is 2.30. The number of carbonyl (C=O) groups is 1. The maximum absolute atomic E-state index is 13.0. The van der Waals surface area contributed by atoms with Crippen molar-refractivity contribution >= 4 is 43.5 Å². The second-order valence-electron chi connectivity index (χ2n) is 5.78. The molecule has 0 fully saturated rings. The Kier molecular flexibility index (Phi) is 5.40. The fourth-order valence-corrected chi connectivity index (χ4v) is 4.09. The Balaban J connectivity index is 2.08. The van der Waals surface area contributed by atoms with Crippen molar-refractivity contribution in [2.75, 3.05) is 31.5 Å². The summed E-state index contributed by atoms with van der Waals surface area (Å²) in [5.41, 5.74) is 1.25. The molecule has 0 radical (unpaired) electrons. The van der Waals surface area contributed by atoms with Gasteiger partial charge in [-0.1, -0.05) is 13.8 Å². The highest BCUT2D eigenvalue weighted by Gasteiger charge is 2.13. The lowest BCUT2D eigenvalue weighted by Crippen LogP contribution is -2.28. The molecule has 0 saturated carbocycles. The van der Waals surface area contributed by atoms with Gasteiger partial charge in [0, 0.05) is 41.4 Å². The van der Waals surface area contributed by atoms with Crippen molar-refractivity contribution in [3.63, 3.8) is 0 Å². The number of fused-ring (bicyclic) bond motifs is 2. The number of anilines is 1. The van der Waals surface area contributed by atoms with Crippen LogP contribution >= 0.6 is 11.3 Å². The van der Waals surface area contributed by atoms with E-state index in [0.717, 1.165) is 47.6 Å². The molecule has 0 aliphatic heterocycles. The smallest absolute Gasteiger partial charge is 0.199 e. The average Bonchev–Trinajstić information content (AvgIpc) is 2.65. The largest absolute Gasteiger partial charge is 0.383 e. The van der Waals surface area contributed by atoms with E-state index in [1.54, 1.807) is 18.5 Å². The molecule has 0 bridgehead atoms. The minimum atomic E-state index is -0.0779. The van der Waals surface area contributed by atoms with Crippen LogP contribution in [0.4, 0.5) is 5.69 Å². The first kappa shape index (κ1) is 17.5. The monoisotopic (exact) mass is 355 g/mol. The van der Waals surface area contributed by atoms with Gasteiger partial charge >= 0.3 is 0 Å². The zero-order valence-electron chi connectivity index (χ0n) is 14.4. The lowest BCUT2D eigenvalue weighted by molar-refractivity contribution is 0.112. The van der Waals surface area contributed by atoms with Gasteiger partial charge < -0.3 is 10.2 Å². The Labute approximate surface area is 150 Å². The van der Waals surface area contributed by atoms with E-state index in [2.05, 4.69) is 29.0 Å². The standard InChI is InChI=1S/C19H21N3O2S/c1-3-22(4-2)10-9-21-15-6-5-13(12-23)19-17(15)18(24)14-11-20-8-7-16(14)25-19/h5-8,11-12,21H,3-4,9-10H2,1-2H3. The number of carbonyl (C=O) groups excluding carboxylic acids is 1. The summed E-state index contributed by atoms with van der Waals surface area (Å²) in [5.74, 6) is 0. The van der Waals surface area contributed by atoms with E-state index in [4.69, 9.17) is 0 Å². The molecule has 6 heteroatoms. The zero-order chi connectivity index (χ0) is 17.8. The van der Waals surface area contributed by atoms with E-state index in [-0.39, 0.29) is 5.43 Å². The second kappa shape index (κ2) is 7.72. The highest BCUT2D eigenvalue weighted by atomic mass is 32.1. The summed E-state index contributed by atoms with van der Waals surface area (Å²) < 4.78 is 1.57. The summed E-state index contributed by atoms with van der Waals surface area (Å²) in [5, 5.41) is 4.54. The number of benzene rings is 1.